The number of rotatable bonds is 9. The van der Waals surface area contributed by atoms with Crippen LogP contribution in [-0.4, -0.2) is 24.8 Å². The Kier molecular flexibility index (Phi) is 7.97. The van der Waals surface area contributed by atoms with Crippen LogP contribution >= 0.6 is 0 Å². The molecule has 6 heteroatoms. The van der Waals surface area contributed by atoms with E-state index in [1.54, 1.807) is 67.8 Å². The third kappa shape index (κ3) is 6.53. The summed E-state index contributed by atoms with van der Waals surface area (Å²) in [5.41, 5.74) is 3.70. The van der Waals surface area contributed by atoms with Gasteiger partial charge in [0.15, 0.2) is 6.10 Å². The number of Topliss-reactive ketones (excluding diaryl/α,β-unsaturated/α-hetero) is 1. The second-order valence-electron chi connectivity index (χ2n) is 7.72. The summed E-state index contributed by atoms with van der Waals surface area (Å²) in [4.78, 5) is 38.0. The Bertz CT molecular complexity index is 1120. The van der Waals surface area contributed by atoms with Gasteiger partial charge in [0.25, 0.3) is 0 Å². The fraction of sp³-hybridized carbons (Fsp3) is 0.222. The van der Waals surface area contributed by atoms with Crippen LogP contribution in [0.1, 0.15) is 46.0 Å². The van der Waals surface area contributed by atoms with Crippen LogP contribution in [0.4, 0.5) is 5.69 Å². The molecule has 0 radical (unpaired) electrons. The molecule has 0 aliphatic heterocycles. The Balaban J connectivity index is 1.65. The van der Waals surface area contributed by atoms with Crippen LogP contribution in [-0.2, 0) is 14.3 Å². The van der Waals surface area contributed by atoms with Crippen molar-refractivity contribution in [1.82, 2.24) is 0 Å². The van der Waals surface area contributed by atoms with Gasteiger partial charge in [-0.2, -0.15) is 0 Å². The highest BCUT2D eigenvalue weighted by atomic mass is 16.5. The predicted octanol–water partition coefficient (Wildman–Crippen LogP) is 5.20. The van der Waals surface area contributed by atoms with E-state index in [2.05, 4.69) is 5.32 Å². The molecule has 0 heterocycles. The van der Waals surface area contributed by atoms with Crippen molar-refractivity contribution in [1.29, 1.82) is 0 Å². The number of aryl methyl sites for hydroxylation is 2. The highest BCUT2D eigenvalue weighted by molar-refractivity contribution is 6.01. The Morgan fingerprint density at radius 3 is 2.18 bits per heavy atom. The molecular weight excluding hydrogens is 418 g/mol. The van der Waals surface area contributed by atoms with Crippen molar-refractivity contribution in [2.24, 2.45) is 0 Å². The second-order valence-corrected chi connectivity index (χ2v) is 7.72. The molecular formula is C27H27NO5. The van der Waals surface area contributed by atoms with E-state index >= 15 is 0 Å². The predicted molar refractivity (Wildman–Crippen MR) is 126 cm³/mol. The summed E-state index contributed by atoms with van der Waals surface area (Å²) in [6.45, 7) is 3.90. The number of esters is 1. The highest BCUT2D eigenvalue weighted by Crippen LogP contribution is 2.25. The third-order valence-corrected chi connectivity index (χ3v) is 5.31. The Labute approximate surface area is 193 Å². The SMILES string of the molecule is COc1ccc(NC(=O)CCC(=O)O[C@@H](C(=O)c2ccc(C)c(C)c2)c2ccccc2)cc1. The van der Waals surface area contributed by atoms with E-state index in [0.29, 0.717) is 22.6 Å². The number of amides is 1. The summed E-state index contributed by atoms with van der Waals surface area (Å²) >= 11 is 0. The van der Waals surface area contributed by atoms with E-state index in [4.69, 9.17) is 9.47 Å². The van der Waals surface area contributed by atoms with Gasteiger partial charge in [-0.25, -0.2) is 0 Å². The van der Waals surface area contributed by atoms with Crippen molar-refractivity contribution in [2.45, 2.75) is 32.8 Å². The van der Waals surface area contributed by atoms with Crippen LogP contribution in [0.25, 0.3) is 0 Å². The van der Waals surface area contributed by atoms with E-state index in [9.17, 15) is 14.4 Å². The van der Waals surface area contributed by atoms with Gasteiger partial charge in [0.1, 0.15) is 5.75 Å². The quantitative estimate of drug-likeness (QED) is 0.362. The maximum atomic E-state index is 13.2. The van der Waals surface area contributed by atoms with Crippen LogP contribution in [0.5, 0.6) is 5.75 Å². The number of ketones is 1. The average Bonchev–Trinajstić information content (AvgIpc) is 2.83. The Morgan fingerprint density at radius 1 is 0.848 bits per heavy atom. The van der Waals surface area contributed by atoms with Gasteiger partial charge >= 0.3 is 5.97 Å². The van der Waals surface area contributed by atoms with Crippen molar-refractivity contribution in [3.05, 3.63) is 95.1 Å². The van der Waals surface area contributed by atoms with E-state index in [-0.39, 0.29) is 24.5 Å². The zero-order valence-electron chi connectivity index (χ0n) is 19.0. The first-order valence-corrected chi connectivity index (χ1v) is 10.7. The van der Waals surface area contributed by atoms with Crippen LogP contribution in [0.3, 0.4) is 0 Å². The van der Waals surface area contributed by atoms with Crippen molar-refractivity contribution in [3.8, 4) is 5.75 Å². The highest BCUT2D eigenvalue weighted by Gasteiger charge is 2.26. The van der Waals surface area contributed by atoms with Crippen LogP contribution in [0.2, 0.25) is 0 Å². The fourth-order valence-electron chi connectivity index (χ4n) is 3.25. The molecule has 170 valence electrons. The average molecular weight is 446 g/mol. The summed E-state index contributed by atoms with van der Waals surface area (Å²) in [5, 5.41) is 2.72. The largest absolute Gasteiger partial charge is 0.497 e. The van der Waals surface area contributed by atoms with Crippen molar-refractivity contribution < 1.29 is 23.9 Å². The van der Waals surface area contributed by atoms with E-state index in [0.717, 1.165) is 11.1 Å². The molecule has 0 saturated carbocycles. The van der Waals surface area contributed by atoms with Crippen LogP contribution < -0.4 is 10.1 Å². The number of anilines is 1. The number of hydrogen-bond acceptors (Lipinski definition) is 5. The molecule has 3 aromatic carbocycles. The van der Waals surface area contributed by atoms with Crippen LogP contribution in [0.15, 0.2) is 72.8 Å². The van der Waals surface area contributed by atoms with Crippen LogP contribution in [0, 0.1) is 13.8 Å². The minimum Gasteiger partial charge on any atom is -0.497 e. The monoisotopic (exact) mass is 445 g/mol. The molecule has 33 heavy (non-hydrogen) atoms. The zero-order valence-corrected chi connectivity index (χ0v) is 19.0. The smallest absolute Gasteiger partial charge is 0.307 e. The number of ether oxygens (including phenoxy) is 2. The molecule has 1 amide bonds. The molecule has 0 spiro atoms. The molecule has 3 rings (SSSR count). The van der Waals surface area contributed by atoms with Crippen molar-refractivity contribution >= 4 is 23.3 Å². The van der Waals surface area contributed by atoms with E-state index in [1.807, 2.05) is 26.0 Å². The summed E-state index contributed by atoms with van der Waals surface area (Å²) in [7, 11) is 1.56. The number of hydrogen-bond donors (Lipinski definition) is 1. The number of carbonyl (C=O) groups is 3. The maximum absolute atomic E-state index is 13.2. The third-order valence-electron chi connectivity index (χ3n) is 5.31. The van der Waals surface area contributed by atoms with E-state index in [1.165, 1.54) is 0 Å². The number of nitrogens with one attached hydrogen (secondary N) is 1. The summed E-state index contributed by atoms with van der Waals surface area (Å²) in [5.74, 6) is -0.572. The molecule has 3 aromatic rings. The molecule has 1 N–H and O–H groups in total. The lowest BCUT2D eigenvalue weighted by Crippen LogP contribution is -2.21. The minimum atomic E-state index is -1.08. The summed E-state index contributed by atoms with van der Waals surface area (Å²) in [6.07, 6.45) is -1.29. The maximum Gasteiger partial charge on any atom is 0.307 e. The van der Waals surface area contributed by atoms with Gasteiger partial charge in [0.2, 0.25) is 11.7 Å². The summed E-state index contributed by atoms with van der Waals surface area (Å²) in [6, 6.07) is 21.2. The molecule has 0 bridgehead atoms. The molecule has 0 aliphatic carbocycles. The topological polar surface area (TPSA) is 81.7 Å². The van der Waals surface area contributed by atoms with Crippen molar-refractivity contribution in [3.63, 3.8) is 0 Å². The minimum absolute atomic E-state index is 0.0653. The fourth-order valence-corrected chi connectivity index (χ4v) is 3.25. The van der Waals surface area contributed by atoms with Crippen molar-refractivity contribution in [2.75, 3.05) is 12.4 Å². The van der Waals surface area contributed by atoms with Gasteiger partial charge in [0, 0.05) is 23.2 Å². The first-order chi connectivity index (χ1) is 15.9. The van der Waals surface area contributed by atoms with Gasteiger partial charge in [-0.3, -0.25) is 14.4 Å². The standard InChI is InChI=1S/C27H27NO5/c1-18-9-10-21(17-19(18)2)26(31)27(20-7-5-4-6-8-20)33-25(30)16-15-24(29)28-22-11-13-23(32-3)14-12-22/h4-14,17,27H,15-16H2,1-3H3,(H,28,29)/t27-/m1/s1. The first-order valence-electron chi connectivity index (χ1n) is 10.7. The first kappa shape index (κ1) is 23.7. The Morgan fingerprint density at radius 2 is 1.55 bits per heavy atom. The van der Waals surface area contributed by atoms with Gasteiger partial charge in [-0.1, -0.05) is 42.5 Å². The number of carbonyl (C=O) groups excluding carboxylic acids is 3. The molecule has 0 saturated heterocycles. The summed E-state index contributed by atoms with van der Waals surface area (Å²) < 4.78 is 10.7. The lowest BCUT2D eigenvalue weighted by molar-refractivity contribution is -0.148. The van der Waals surface area contributed by atoms with E-state index < -0.39 is 12.1 Å². The number of benzene rings is 3. The Hall–Kier alpha value is -3.93. The van der Waals surface area contributed by atoms with Gasteiger partial charge in [-0.15, -0.1) is 0 Å². The van der Waals surface area contributed by atoms with Gasteiger partial charge < -0.3 is 14.8 Å². The lowest BCUT2D eigenvalue weighted by Gasteiger charge is -2.18. The molecule has 6 nitrogen and oxygen atoms in total. The molecule has 0 unspecified atom stereocenters. The van der Waals surface area contributed by atoms with Gasteiger partial charge in [-0.05, 0) is 55.3 Å². The molecule has 0 aromatic heterocycles. The normalized spacial score (nSPS) is 11.4. The molecule has 0 fully saturated rings. The molecule has 1 atom stereocenters. The second kappa shape index (κ2) is 11.1. The lowest BCUT2D eigenvalue weighted by atomic mass is 9.97. The number of methoxy groups -OCH3 is 1. The molecule has 0 aliphatic rings. The van der Waals surface area contributed by atoms with Gasteiger partial charge in [0.05, 0.1) is 13.5 Å². The zero-order chi connectivity index (χ0) is 23.8.